The maximum Gasteiger partial charge on any atom is 0.253 e. The molecule has 0 radical (unpaired) electrons. The van der Waals surface area contributed by atoms with Crippen LogP contribution in [0.25, 0.3) is 0 Å². The van der Waals surface area contributed by atoms with E-state index in [9.17, 15) is 14.4 Å². The lowest BCUT2D eigenvalue weighted by molar-refractivity contribution is -0.161. The van der Waals surface area contributed by atoms with Gasteiger partial charge in [-0.05, 0) is 86.4 Å². The Bertz CT molecular complexity index is 1230. The van der Waals surface area contributed by atoms with Crippen LogP contribution in [0.2, 0.25) is 0 Å². The molecule has 3 saturated heterocycles. The number of hydrogen-bond acceptors (Lipinski definition) is 5. The van der Waals surface area contributed by atoms with Gasteiger partial charge in [0.2, 0.25) is 11.8 Å². The maximum atomic E-state index is 13.5. The molecule has 0 aromatic heterocycles. The molecule has 42 heavy (non-hydrogen) atoms. The lowest BCUT2D eigenvalue weighted by Gasteiger charge is -2.52. The number of piperidine rings is 1. The Morgan fingerprint density at radius 3 is 2.17 bits per heavy atom. The fraction of sp³-hybridized carbons (Fsp3) is 0.559. The molecule has 1 spiro atoms. The third-order valence-electron chi connectivity index (χ3n) is 8.99. The van der Waals surface area contributed by atoms with E-state index >= 15 is 0 Å². The van der Waals surface area contributed by atoms with Gasteiger partial charge in [-0.15, -0.1) is 0 Å². The Hall–Kier alpha value is -3.39. The van der Waals surface area contributed by atoms with Crippen molar-refractivity contribution in [1.29, 1.82) is 0 Å². The fourth-order valence-corrected chi connectivity index (χ4v) is 6.55. The number of piperazine rings is 1. The first-order chi connectivity index (χ1) is 20.3. The Balaban J connectivity index is 1.16. The third-order valence-corrected chi connectivity index (χ3v) is 8.99. The Morgan fingerprint density at radius 1 is 0.952 bits per heavy atom. The van der Waals surface area contributed by atoms with Crippen LogP contribution >= 0.6 is 0 Å². The minimum absolute atomic E-state index is 0.0263. The number of unbranched alkanes of at least 4 members (excludes halogenated alkanes) is 1. The molecule has 8 nitrogen and oxygen atoms in total. The monoisotopic (exact) mass is 574 g/mol. The minimum atomic E-state index is -0.734. The van der Waals surface area contributed by atoms with Crippen molar-refractivity contribution in [2.24, 2.45) is 5.92 Å². The van der Waals surface area contributed by atoms with E-state index in [0.717, 1.165) is 64.2 Å². The van der Waals surface area contributed by atoms with Gasteiger partial charge in [-0.3, -0.25) is 19.3 Å². The van der Waals surface area contributed by atoms with Crippen molar-refractivity contribution in [3.8, 4) is 11.5 Å². The minimum Gasteiger partial charge on any atom is -0.457 e. The third kappa shape index (κ3) is 6.64. The summed E-state index contributed by atoms with van der Waals surface area (Å²) in [6.07, 6.45) is 6.05. The smallest absolute Gasteiger partial charge is 0.253 e. The highest BCUT2D eigenvalue weighted by Crippen LogP contribution is 2.35. The van der Waals surface area contributed by atoms with E-state index in [1.807, 2.05) is 46.2 Å². The van der Waals surface area contributed by atoms with Crippen LogP contribution < -0.4 is 10.1 Å². The van der Waals surface area contributed by atoms with Gasteiger partial charge in [-0.1, -0.05) is 39.3 Å². The van der Waals surface area contributed by atoms with Gasteiger partial charge >= 0.3 is 0 Å². The van der Waals surface area contributed by atoms with Crippen molar-refractivity contribution in [2.75, 3.05) is 32.7 Å². The number of rotatable bonds is 10. The highest BCUT2D eigenvalue weighted by molar-refractivity contribution is 6.00. The number of nitrogens with one attached hydrogen (secondary N) is 1. The average Bonchev–Trinajstić information content (AvgIpc) is 3.53. The number of carbonyl (C=O) groups excluding carboxylic acids is 3. The van der Waals surface area contributed by atoms with Crippen LogP contribution in [-0.2, 0) is 16.1 Å². The second-order valence-electron chi connectivity index (χ2n) is 12.6. The van der Waals surface area contributed by atoms with Gasteiger partial charge in [0.15, 0.2) is 0 Å². The fourth-order valence-electron chi connectivity index (χ4n) is 6.55. The molecule has 3 heterocycles. The number of ether oxygens (including phenoxy) is 1. The first-order valence-electron chi connectivity index (χ1n) is 15.8. The van der Waals surface area contributed by atoms with Crippen LogP contribution in [-0.4, -0.2) is 76.7 Å². The van der Waals surface area contributed by atoms with E-state index in [1.165, 1.54) is 5.56 Å². The van der Waals surface area contributed by atoms with E-state index in [0.29, 0.717) is 43.0 Å². The first-order valence-corrected chi connectivity index (χ1v) is 15.8. The second-order valence-corrected chi connectivity index (χ2v) is 12.6. The summed E-state index contributed by atoms with van der Waals surface area (Å²) < 4.78 is 6.04. The van der Waals surface area contributed by atoms with E-state index < -0.39 is 11.6 Å². The van der Waals surface area contributed by atoms with Gasteiger partial charge in [0.1, 0.15) is 23.1 Å². The van der Waals surface area contributed by atoms with Crippen LogP contribution in [0.3, 0.4) is 0 Å². The molecular formula is C34H46N4O4. The highest BCUT2D eigenvalue weighted by Gasteiger charge is 2.53. The number of hydrogen-bond donors (Lipinski definition) is 1. The van der Waals surface area contributed by atoms with E-state index in [-0.39, 0.29) is 17.7 Å². The molecule has 3 aliphatic heterocycles. The number of amides is 3. The van der Waals surface area contributed by atoms with Crippen molar-refractivity contribution >= 4 is 17.7 Å². The molecule has 226 valence electrons. The zero-order valence-corrected chi connectivity index (χ0v) is 25.4. The summed E-state index contributed by atoms with van der Waals surface area (Å²) in [5.41, 5.74) is 1.14. The van der Waals surface area contributed by atoms with Crippen LogP contribution in [0.4, 0.5) is 0 Å². The molecule has 0 bridgehead atoms. The van der Waals surface area contributed by atoms with Crippen LogP contribution in [0.15, 0.2) is 48.5 Å². The second kappa shape index (κ2) is 13.3. The summed E-state index contributed by atoms with van der Waals surface area (Å²) in [4.78, 5) is 45.8. The molecule has 8 heteroatoms. The summed E-state index contributed by atoms with van der Waals surface area (Å²) in [6.45, 7) is 10.9. The van der Waals surface area contributed by atoms with Gasteiger partial charge in [-0.2, -0.15) is 0 Å². The summed E-state index contributed by atoms with van der Waals surface area (Å²) in [5.74, 6) is 2.00. The first kappa shape index (κ1) is 30.1. The molecule has 2 aromatic carbocycles. The Labute approximate surface area is 250 Å². The molecule has 2 aromatic rings. The molecule has 3 fully saturated rings. The average molecular weight is 575 g/mol. The molecule has 1 unspecified atom stereocenters. The number of carbonyl (C=O) groups is 3. The Kier molecular flexibility index (Phi) is 9.51. The summed E-state index contributed by atoms with van der Waals surface area (Å²) >= 11 is 0. The van der Waals surface area contributed by atoms with E-state index in [4.69, 9.17) is 4.74 Å². The van der Waals surface area contributed by atoms with E-state index in [2.05, 4.69) is 43.1 Å². The summed E-state index contributed by atoms with van der Waals surface area (Å²) in [6, 6.07) is 15.1. The molecule has 3 amide bonds. The van der Waals surface area contributed by atoms with Crippen molar-refractivity contribution in [3.63, 3.8) is 0 Å². The normalized spacial score (nSPS) is 20.8. The number of likely N-dealkylation sites (tertiary alicyclic amines) is 2. The quantitative estimate of drug-likeness (QED) is 0.421. The van der Waals surface area contributed by atoms with Crippen molar-refractivity contribution in [3.05, 3.63) is 59.7 Å². The number of benzene rings is 2. The van der Waals surface area contributed by atoms with Crippen LogP contribution in [0, 0.1) is 5.92 Å². The van der Waals surface area contributed by atoms with Crippen molar-refractivity contribution < 1.29 is 19.1 Å². The zero-order chi connectivity index (χ0) is 29.7. The van der Waals surface area contributed by atoms with Gasteiger partial charge in [0.05, 0.1) is 0 Å². The van der Waals surface area contributed by atoms with Gasteiger partial charge in [-0.25, -0.2) is 0 Å². The standard InChI is InChI=1S/C34H46N4O4/c1-4-5-20-38-32(40)30(23-25(2)3)35-33(41)34(38)16-21-36(22-17-34)24-26-8-12-28(13-9-26)42-29-14-10-27(11-15-29)31(39)37-18-6-7-19-37/h8-15,25,30H,4-7,16-24H2,1-3H3,(H,35,41). The van der Waals surface area contributed by atoms with Crippen molar-refractivity contribution in [2.45, 2.75) is 83.8 Å². The topological polar surface area (TPSA) is 82.2 Å². The zero-order valence-electron chi connectivity index (χ0n) is 25.4. The van der Waals surface area contributed by atoms with Gasteiger partial charge < -0.3 is 19.9 Å². The molecule has 3 aliphatic rings. The summed E-state index contributed by atoms with van der Waals surface area (Å²) in [5, 5.41) is 3.09. The summed E-state index contributed by atoms with van der Waals surface area (Å²) in [7, 11) is 0. The molecule has 0 saturated carbocycles. The molecule has 1 atom stereocenters. The van der Waals surface area contributed by atoms with E-state index in [1.54, 1.807) is 0 Å². The number of nitrogens with zero attached hydrogens (tertiary/aromatic N) is 3. The van der Waals surface area contributed by atoms with Crippen molar-refractivity contribution in [1.82, 2.24) is 20.0 Å². The molecule has 5 rings (SSSR count). The lowest BCUT2D eigenvalue weighted by atomic mass is 9.80. The molecular weight excluding hydrogens is 528 g/mol. The largest absolute Gasteiger partial charge is 0.457 e. The van der Waals surface area contributed by atoms with Gasteiger partial charge in [0.25, 0.3) is 5.91 Å². The molecule has 1 N–H and O–H groups in total. The SMILES string of the molecule is CCCCN1C(=O)C(CC(C)C)NC(=O)C12CCN(Cc1ccc(Oc3ccc(C(=O)N4CCCC4)cc3)cc1)CC2. The highest BCUT2D eigenvalue weighted by atomic mass is 16.5. The maximum absolute atomic E-state index is 13.5. The van der Waals surface area contributed by atoms with Crippen LogP contribution in [0.5, 0.6) is 11.5 Å². The predicted octanol–water partition coefficient (Wildman–Crippen LogP) is 5.22. The predicted molar refractivity (Wildman–Crippen MR) is 163 cm³/mol. The Morgan fingerprint density at radius 2 is 1.57 bits per heavy atom. The molecule has 0 aliphatic carbocycles. The van der Waals surface area contributed by atoms with Gasteiger partial charge in [0, 0.05) is 44.8 Å². The lowest BCUT2D eigenvalue weighted by Crippen LogP contribution is -2.73. The van der Waals surface area contributed by atoms with Crippen LogP contribution in [0.1, 0.15) is 81.6 Å².